The molecule has 0 saturated carbocycles. The topological polar surface area (TPSA) is 124 Å². The van der Waals surface area contributed by atoms with Crippen LogP contribution in [0.15, 0.2) is 30.5 Å². The van der Waals surface area contributed by atoms with E-state index in [9.17, 15) is 9.18 Å². The number of carbonyl (C=O) groups is 1. The maximum absolute atomic E-state index is 14.5. The fourth-order valence-corrected chi connectivity index (χ4v) is 2.91. The summed E-state index contributed by atoms with van der Waals surface area (Å²) in [6.45, 7) is 3.80. The first-order valence-electron chi connectivity index (χ1n) is 9.01. The van der Waals surface area contributed by atoms with E-state index in [1.807, 2.05) is 39.1 Å². The molecule has 1 amide bonds. The summed E-state index contributed by atoms with van der Waals surface area (Å²) in [6, 6.07) is 6.28. The number of hydrogen-bond acceptors (Lipinski definition) is 6. The second kappa shape index (κ2) is 7.81. The molecule has 8 nitrogen and oxygen atoms in total. The van der Waals surface area contributed by atoms with Crippen LogP contribution < -0.4 is 22.1 Å². The van der Waals surface area contributed by atoms with Gasteiger partial charge in [0.05, 0.1) is 17.3 Å². The number of anilines is 3. The molecule has 3 rings (SSSR count). The van der Waals surface area contributed by atoms with Crippen molar-refractivity contribution in [1.29, 1.82) is 0 Å². The molecule has 2 atom stereocenters. The molecule has 0 saturated heterocycles. The number of fused-ring (bicyclic) bond motifs is 1. The summed E-state index contributed by atoms with van der Waals surface area (Å²) in [5, 5.41) is 11.2. The predicted molar refractivity (Wildman–Crippen MR) is 108 cm³/mol. The van der Waals surface area contributed by atoms with Crippen LogP contribution in [0, 0.1) is 5.82 Å². The van der Waals surface area contributed by atoms with Crippen molar-refractivity contribution < 1.29 is 9.18 Å². The summed E-state index contributed by atoms with van der Waals surface area (Å²) in [5.41, 5.74) is 12.9. The molecule has 9 heteroatoms. The molecule has 0 radical (unpaired) electrons. The molecule has 0 aliphatic carbocycles. The molecule has 0 spiro atoms. The van der Waals surface area contributed by atoms with E-state index in [2.05, 4.69) is 20.7 Å². The van der Waals surface area contributed by atoms with Crippen molar-refractivity contribution in [2.24, 2.45) is 18.5 Å². The van der Waals surface area contributed by atoms with Gasteiger partial charge in [-0.2, -0.15) is 5.10 Å². The number of carbonyl (C=O) groups excluding carboxylic acids is 1. The van der Waals surface area contributed by atoms with E-state index >= 15 is 0 Å². The number of hydrogen-bond donors (Lipinski definition) is 4. The lowest BCUT2D eigenvalue weighted by Gasteiger charge is -2.21. The van der Waals surface area contributed by atoms with Crippen LogP contribution in [0.3, 0.4) is 0 Å². The highest BCUT2D eigenvalue weighted by Gasteiger charge is 2.19. The zero-order valence-electron chi connectivity index (χ0n) is 16.0. The van der Waals surface area contributed by atoms with E-state index in [0.29, 0.717) is 5.69 Å². The van der Waals surface area contributed by atoms with Gasteiger partial charge >= 0.3 is 0 Å². The summed E-state index contributed by atoms with van der Waals surface area (Å²) < 4.78 is 16.2. The molecular formula is C19H24FN7O. The molecule has 0 fully saturated rings. The average Bonchev–Trinajstić information content (AvgIpc) is 3.03. The number of nitrogens with one attached hydrogen (secondary N) is 2. The third-order valence-corrected chi connectivity index (χ3v) is 4.73. The number of aryl methyl sites for hydroxylation is 1. The summed E-state index contributed by atoms with van der Waals surface area (Å²) in [7, 11) is 1.83. The molecule has 3 aromatic rings. The van der Waals surface area contributed by atoms with Gasteiger partial charge in [0, 0.05) is 30.2 Å². The molecule has 0 bridgehead atoms. The Morgan fingerprint density at radius 3 is 2.75 bits per heavy atom. The Balaban J connectivity index is 1.98. The number of amides is 1. The first-order chi connectivity index (χ1) is 13.3. The van der Waals surface area contributed by atoms with Gasteiger partial charge in [0.25, 0.3) is 5.91 Å². The van der Waals surface area contributed by atoms with Crippen LogP contribution in [0.25, 0.3) is 10.9 Å². The van der Waals surface area contributed by atoms with Crippen LogP contribution in [0.4, 0.5) is 21.7 Å². The zero-order chi connectivity index (χ0) is 20.4. The highest BCUT2D eigenvalue weighted by atomic mass is 19.1. The first-order valence-corrected chi connectivity index (χ1v) is 9.01. The lowest BCUT2D eigenvalue weighted by Crippen LogP contribution is -2.38. The van der Waals surface area contributed by atoms with Crippen molar-refractivity contribution in [1.82, 2.24) is 14.8 Å². The van der Waals surface area contributed by atoms with E-state index in [-0.39, 0.29) is 29.3 Å². The van der Waals surface area contributed by atoms with Crippen molar-refractivity contribution >= 4 is 34.1 Å². The number of rotatable bonds is 7. The van der Waals surface area contributed by atoms with Gasteiger partial charge in [-0.15, -0.1) is 0 Å². The number of halogens is 1. The van der Waals surface area contributed by atoms with Crippen LogP contribution in [-0.4, -0.2) is 32.8 Å². The van der Waals surface area contributed by atoms with Crippen molar-refractivity contribution in [2.75, 3.05) is 10.6 Å². The first kappa shape index (κ1) is 19.6. The summed E-state index contributed by atoms with van der Waals surface area (Å²) in [5.74, 6) is -1.28. The third kappa shape index (κ3) is 3.89. The lowest BCUT2D eigenvalue weighted by molar-refractivity contribution is 0.100. The Morgan fingerprint density at radius 2 is 2.07 bits per heavy atom. The standard InChI is InChI=1S/C19H24FN7O/c1-4-15(21)10(2)24-19-14(20)8-13(17(22)28)18(26-19)25-12-6-5-11-9-23-27(3)16(11)7-12/h5-10,15H,4,21H2,1-3H3,(H2,22,28)(H2,24,25,26)/t10-,15+/m1/s1. The highest BCUT2D eigenvalue weighted by molar-refractivity contribution is 5.99. The Bertz CT molecular complexity index is 1020. The third-order valence-electron chi connectivity index (χ3n) is 4.73. The lowest BCUT2D eigenvalue weighted by atomic mass is 10.1. The molecule has 148 valence electrons. The van der Waals surface area contributed by atoms with Gasteiger partial charge in [0.15, 0.2) is 11.6 Å². The van der Waals surface area contributed by atoms with Crippen molar-refractivity contribution in [3.8, 4) is 0 Å². The number of pyridine rings is 1. The zero-order valence-corrected chi connectivity index (χ0v) is 16.0. The number of nitrogens with zero attached hydrogens (tertiary/aromatic N) is 3. The van der Waals surface area contributed by atoms with E-state index in [4.69, 9.17) is 11.5 Å². The number of primary amides is 1. The van der Waals surface area contributed by atoms with Gasteiger partial charge in [-0.25, -0.2) is 9.37 Å². The minimum atomic E-state index is -0.777. The summed E-state index contributed by atoms with van der Waals surface area (Å²) in [6.07, 6.45) is 2.48. The Hall–Kier alpha value is -3.20. The van der Waals surface area contributed by atoms with Gasteiger partial charge in [-0.3, -0.25) is 9.48 Å². The van der Waals surface area contributed by atoms with Crippen LogP contribution >= 0.6 is 0 Å². The molecule has 1 aromatic carbocycles. The quantitative estimate of drug-likeness (QED) is 0.495. The molecule has 0 unspecified atom stereocenters. The molecule has 0 aliphatic heterocycles. The minimum Gasteiger partial charge on any atom is -0.365 e. The number of nitrogens with two attached hydrogens (primary N) is 2. The van der Waals surface area contributed by atoms with Gasteiger partial charge < -0.3 is 22.1 Å². The minimum absolute atomic E-state index is 0.00510. The van der Waals surface area contributed by atoms with Gasteiger partial charge in [-0.1, -0.05) is 6.92 Å². The fourth-order valence-electron chi connectivity index (χ4n) is 2.91. The molecular weight excluding hydrogens is 361 g/mol. The summed E-state index contributed by atoms with van der Waals surface area (Å²) in [4.78, 5) is 16.1. The summed E-state index contributed by atoms with van der Waals surface area (Å²) >= 11 is 0. The Labute approximate surface area is 162 Å². The Kier molecular flexibility index (Phi) is 5.46. The van der Waals surface area contributed by atoms with Gasteiger partial charge in [0.2, 0.25) is 0 Å². The van der Waals surface area contributed by atoms with E-state index in [1.54, 1.807) is 10.9 Å². The second-order valence-corrected chi connectivity index (χ2v) is 6.75. The monoisotopic (exact) mass is 385 g/mol. The van der Waals surface area contributed by atoms with Crippen LogP contribution in [0.2, 0.25) is 0 Å². The second-order valence-electron chi connectivity index (χ2n) is 6.75. The van der Waals surface area contributed by atoms with Gasteiger partial charge in [0.1, 0.15) is 5.82 Å². The van der Waals surface area contributed by atoms with E-state index < -0.39 is 11.7 Å². The molecule has 28 heavy (non-hydrogen) atoms. The average molecular weight is 385 g/mol. The van der Waals surface area contributed by atoms with E-state index in [0.717, 1.165) is 23.4 Å². The van der Waals surface area contributed by atoms with Gasteiger partial charge in [-0.05, 0) is 37.6 Å². The van der Waals surface area contributed by atoms with Crippen molar-refractivity contribution in [2.45, 2.75) is 32.4 Å². The maximum atomic E-state index is 14.5. The van der Waals surface area contributed by atoms with Crippen LogP contribution in [0.5, 0.6) is 0 Å². The van der Waals surface area contributed by atoms with Crippen molar-refractivity contribution in [3.63, 3.8) is 0 Å². The SMILES string of the molecule is CC[C@H](N)[C@@H](C)Nc1nc(Nc2ccc3cnn(C)c3c2)c(C(N)=O)cc1F. The molecule has 6 N–H and O–H groups in total. The highest BCUT2D eigenvalue weighted by Crippen LogP contribution is 2.26. The number of aromatic nitrogens is 3. The van der Waals surface area contributed by atoms with Crippen LogP contribution in [0.1, 0.15) is 30.6 Å². The molecule has 0 aliphatic rings. The van der Waals surface area contributed by atoms with E-state index in [1.165, 1.54) is 0 Å². The normalized spacial score (nSPS) is 13.3. The number of benzene rings is 1. The molecule has 2 heterocycles. The predicted octanol–water partition coefficient (Wildman–Crippen LogP) is 2.49. The van der Waals surface area contributed by atoms with Crippen LogP contribution in [-0.2, 0) is 7.05 Å². The fraction of sp³-hybridized carbons (Fsp3) is 0.316. The smallest absolute Gasteiger partial charge is 0.252 e. The molecule has 2 aromatic heterocycles. The van der Waals surface area contributed by atoms with Crippen molar-refractivity contribution in [3.05, 3.63) is 41.8 Å². The Morgan fingerprint density at radius 1 is 1.32 bits per heavy atom. The largest absolute Gasteiger partial charge is 0.365 e. The maximum Gasteiger partial charge on any atom is 0.252 e.